The second kappa shape index (κ2) is 13.5. The van der Waals surface area contributed by atoms with Crippen LogP contribution < -0.4 is 0 Å². The molecule has 134 valence electrons. The van der Waals surface area contributed by atoms with E-state index in [1.807, 2.05) is 0 Å². The van der Waals surface area contributed by atoms with Crippen molar-refractivity contribution in [3.05, 3.63) is 57.0 Å². The Balaban J connectivity index is 4.66. The Bertz CT molecular complexity index is 527. The summed E-state index contributed by atoms with van der Waals surface area (Å²) >= 11 is 0. The molecule has 0 heterocycles. The van der Waals surface area contributed by atoms with Crippen LogP contribution in [0.5, 0.6) is 0 Å². The first-order valence-electron chi connectivity index (χ1n) is 8.65. The van der Waals surface area contributed by atoms with Crippen molar-refractivity contribution in [1.82, 2.24) is 0 Å². The zero-order valence-electron chi connectivity index (χ0n) is 16.2. The predicted molar refractivity (Wildman–Crippen MR) is 103 cm³/mol. The summed E-state index contributed by atoms with van der Waals surface area (Å²) in [6.07, 6.45) is 13.4. The molecule has 0 aromatic carbocycles. The standard InChI is InChI=1S/C20H33N3O/c1-16(2)9-7-11-18(5)13-14-20(24-23-22-21)15-19(6)12-8-10-17(3)4/h9-10,13,15,20H,7-8,11-12,14H2,1-6H3/b18-13+,19-15+. The maximum atomic E-state index is 8.48. The number of hydrogen-bond acceptors (Lipinski definition) is 2. The summed E-state index contributed by atoms with van der Waals surface area (Å²) in [6, 6.07) is 0. The van der Waals surface area contributed by atoms with Gasteiger partial charge in [-0.15, -0.1) is 0 Å². The normalized spacial score (nSPS) is 12.9. The lowest BCUT2D eigenvalue weighted by Gasteiger charge is -2.11. The van der Waals surface area contributed by atoms with E-state index in [4.69, 9.17) is 10.4 Å². The number of azide groups is 1. The summed E-state index contributed by atoms with van der Waals surface area (Å²) in [7, 11) is 0. The van der Waals surface area contributed by atoms with Crippen LogP contribution in [-0.2, 0) is 4.84 Å². The SMILES string of the molecule is CC(C)=CCC/C(C)=C/CC(/C=C(\C)CCC=C(C)C)ON=[N+]=[N-]. The van der Waals surface area contributed by atoms with E-state index in [1.165, 1.54) is 22.3 Å². The van der Waals surface area contributed by atoms with Crippen molar-refractivity contribution in [2.45, 2.75) is 79.8 Å². The van der Waals surface area contributed by atoms with E-state index >= 15 is 0 Å². The largest absolute Gasteiger partial charge is 0.426 e. The second-order valence-electron chi connectivity index (χ2n) is 6.75. The number of allylic oxidation sites excluding steroid dienone is 6. The molecule has 0 bridgehead atoms. The summed E-state index contributed by atoms with van der Waals surface area (Å²) in [5.74, 6) is 0. The van der Waals surface area contributed by atoms with Gasteiger partial charge in [-0.05, 0) is 78.8 Å². The van der Waals surface area contributed by atoms with Gasteiger partial charge in [0.15, 0.2) is 0 Å². The Hall–Kier alpha value is -1.93. The van der Waals surface area contributed by atoms with Gasteiger partial charge in [-0.3, -0.25) is 0 Å². The second-order valence-corrected chi connectivity index (χ2v) is 6.75. The third-order valence-corrected chi connectivity index (χ3v) is 3.57. The van der Waals surface area contributed by atoms with Crippen molar-refractivity contribution in [2.75, 3.05) is 0 Å². The topological polar surface area (TPSA) is 58.0 Å². The van der Waals surface area contributed by atoms with Gasteiger partial charge >= 0.3 is 0 Å². The third kappa shape index (κ3) is 13.7. The van der Waals surface area contributed by atoms with Gasteiger partial charge in [0.1, 0.15) is 11.4 Å². The molecule has 0 N–H and O–H groups in total. The smallest absolute Gasteiger partial charge is 0.129 e. The highest BCUT2D eigenvalue weighted by atomic mass is 16.6. The highest BCUT2D eigenvalue weighted by Gasteiger charge is 2.05. The van der Waals surface area contributed by atoms with E-state index in [-0.39, 0.29) is 6.10 Å². The van der Waals surface area contributed by atoms with Crippen LogP contribution in [0, 0.1) is 0 Å². The van der Waals surface area contributed by atoms with Gasteiger partial charge in [0.2, 0.25) is 0 Å². The number of rotatable bonds is 11. The van der Waals surface area contributed by atoms with Crippen LogP contribution in [0.25, 0.3) is 10.4 Å². The van der Waals surface area contributed by atoms with E-state index in [2.05, 4.69) is 76.0 Å². The molecule has 0 saturated heterocycles. The predicted octanol–water partition coefficient (Wildman–Crippen LogP) is 7.37. The molecule has 0 aliphatic carbocycles. The molecule has 1 unspecified atom stereocenters. The molecule has 0 fully saturated rings. The van der Waals surface area contributed by atoms with Crippen molar-refractivity contribution in [1.29, 1.82) is 0 Å². The van der Waals surface area contributed by atoms with Crippen molar-refractivity contribution in [3.8, 4) is 0 Å². The van der Waals surface area contributed by atoms with Crippen LogP contribution >= 0.6 is 0 Å². The van der Waals surface area contributed by atoms with Gasteiger partial charge in [-0.2, -0.15) is 0 Å². The molecule has 24 heavy (non-hydrogen) atoms. The van der Waals surface area contributed by atoms with Gasteiger partial charge < -0.3 is 4.84 Å². The summed E-state index contributed by atoms with van der Waals surface area (Å²) in [5, 5.41) is 3.28. The first-order valence-corrected chi connectivity index (χ1v) is 8.65. The Morgan fingerprint density at radius 2 is 1.46 bits per heavy atom. The summed E-state index contributed by atoms with van der Waals surface area (Å²) in [4.78, 5) is 7.94. The Labute approximate surface area is 147 Å². The third-order valence-electron chi connectivity index (χ3n) is 3.57. The molecule has 0 amide bonds. The van der Waals surface area contributed by atoms with Crippen LogP contribution in [0.15, 0.2) is 51.9 Å². The zero-order valence-corrected chi connectivity index (χ0v) is 16.2. The van der Waals surface area contributed by atoms with Crippen LogP contribution in [0.4, 0.5) is 0 Å². The molecule has 0 saturated carbocycles. The van der Waals surface area contributed by atoms with Gasteiger partial charge in [0.25, 0.3) is 0 Å². The zero-order chi connectivity index (χ0) is 18.4. The van der Waals surface area contributed by atoms with E-state index < -0.39 is 0 Å². The van der Waals surface area contributed by atoms with Crippen LogP contribution in [-0.4, -0.2) is 6.10 Å². The molecule has 0 aliphatic rings. The maximum absolute atomic E-state index is 8.48. The number of hydrogen-bond donors (Lipinski definition) is 0. The van der Waals surface area contributed by atoms with Crippen molar-refractivity contribution in [3.63, 3.8) is 0 Å². The lowest BCUT2D eigenvalue weighted by Crippen LogP contribution is -2.05. The molecule has 0 aromatic rings. The van der Waals surface area contributed by atoms with Crippen molar-refractivity contribution in [2.24, 2.45) is 5.28 Å². The van der Waals surface area contributed by atoms with Crippen LogP contribution in [0.2, 0.25) is 0 Å². The fourth-order valence-corrected chi connectivity index (χ4v) is 2.22. The molecule has 1 atom stereocenters. The molecular formula is C20H33N3O. The first kappa shape index (κ1) is 22.1. The van der Waals surface area contributed by atoms with Crippen LogP contribution in [0.1, 0.15) is 73.6 Å². The molecule has 0 spiro atoms. The lowest BCUT2D eigenvalue weighted by atomic mass is 10.0. The Morgan fingerprint density at radius 1 is 0.917 bits per heavy atom. The van der Waals surface area contributed by atoms with Gasteiger partial charge in [0, 0.05) is 11.3 Å². The van der Waals surface area contributed by atoms with Crippen LogP contribution in [0.3, 0.4) is 0 Å². The van der Waals surface area contributed by atoms with Gasteiger partial charge in [-0.25, -0.2) is 0 Å². The monoisotopic (exact) mass is 331 g/mol. The minimum Gasteiger partial charge on any atom is -0.426 e. The van der Waals surface area contributed by atoms with E-state index in [0.717, 1.165) is 32.1 Å². The number of nitrogens with zero attached hydrogens (tertiary/aromatic N) is 3. The lowest BCUT2D eigenvalue weighted by molar-refractivity contribution is 0.0887. The Kier molecular flexibility index (Phi) is 12.4. The molecule has 0 rings (SSSR count). The summed E-state index contributed by atoms with van der Waals surface area (Å²) in [5.41, 5.74) is 13.7. The summed E-state index contributed by atoms with van der Waals surface area (Å²) < 4.78 is 0. The molecule has 0 radical (unpaired) electrons. The van der Waals surface area contributed by atoms with E-state index in [1.54, 1.807) is 0 Å². The fraction of sp³-hybridized carbons (Fsp3) is 0.600. The van der Waals surface area contributed by atoms with Gasteiger partial charge in [0.05, 0.1) is 0 Å². The van der Waals surface area contributed by atoms with Crippen molar-refractivity contribution >= 4 is 0 Å². The van der Waals surface area contributed by atoms with Crippen molar-refractivity contribution < 1.29 is 4.84 Å². The molecule has 0 aliphatic heterocycles. The average molecular weight is 332 g/mol. The molecule has 4 nitrogen and oxygen atoms in total. The minimum absolute atomic E-state index is 0.203. The molecule has 4 heteroatoms. The fourth-order valence-electron chi connectivity index (χ4n) is 2.22. The van der Waals surface area contributed by atoms with E-state index in [0.29, 0.717) is 0 Å². The first-order chi connectivity index (χ1) is 11.3. The average Bonchev–Trinajstić information content (AvgIpc) is 2.49. The molecular weight excluding hydrogens is 298 g/mol. The van der Waals surface area contributed by atoms with Gasteiger partial charge in [-0.1, -0.05) is 40.5 Å². The highest BCUT2D eigenvalue weighted by molar-refractivity contribution is 5.09. The highest BCUT2D eigenvalue weighted by Crippen LogP contribution is 2.14. The Morgan fingerprint density at radius 3 is 1.96 bits per heavy atom. The molecule has 0 aromatic heterocycles. The quantitative estimate of drug-likeness (QED) is 0.128. The minimum atomic E-state index is -0.203. The van der Waals surface area contributed by atoms with E-state index in [9.17, 15) is 0 Å². The maximum Gasteiger partial charge on any atom is 0.129 e. The summed E-state index contributed by atoms with van der Waals surface area (Å²) in [6.45, 7) is 12.7.